The molecule has 1 unspecified atom stereocenters. The van der Waals surface area contributed by atoms with Crippen molar-refractivity contribution in [2.45, 2.75) is 33.2 Å². The number of rotatable bonds is 5. The third-order valence-corrected chi connectivity index (χ3v) is 2.96. The Kier molecular flexibility index (Phi) is 6.19. The Hall–Kier alpha value is -1.87. The minimum atomic E-state index is -0.334. The molecule has 0 aliphatic heterocycles. The van der Waals surface area contributed by atoms with Crippen LogP contribution in [0.15, 0.2) is 42.0 Å². The molecule has 1 atom stereocenters. The molecule has 108 valence electrons. The van der Waals surface area contributed by atoms with E-state index in [2.05, 4.69) is 29.0 Å². The van der Waals surface area contributed by atoms with E-state index >= 15 is 0 Å². The fourth-order valence-corrected chi connectivity index (χ4v) is 1.99. The van der Waals surface area contributed by atoms with Crippen molar-refractivity contribution in [3.63, 3.8) is 0 Å². The van der Waals surface area contributed by atoms with Crippen molar-refractivity contribution < 1.29 is 9.53 Å². The Morgan fingerprint density at radius 3 is 2.35 bits per heavy atom. The molecule has 0 saturated carbocycles. The van der Waals surface area contributed by atoms with E-state index in [0.29, 0.717) is 0 Å². The lowest BCUT2D eigenvalue weighted by atomic mass is 10.0. The molecule has 3 nitrogen and oxygen atoms in total. The van der Waals surface area contributed by atoms with Gasteiger partial charge in [-0.05, 0) is 49.5 Å². The van der Waals surface area contributed by atoms with E-state index in [1.165, 1.54) is 18.7 Å². The molecular formula is C17H23NO2. The summed E-state index contributed by atoms with van der Waals surface area (Å²) in [5, 5.41) is 0. The van der Waals surface area contributed by atoms with E-state index < -0.39 is 0 Å². The van der Waals surface area contributed by atoms with Crippen molar-refractivity contribution in [3.8, 4) is 0 Å². The van der Waals surface area contributed by atoms with Gasteiger partial charge in [0.15, 0.2) is 0 Å². The fourth-order valence-electron chi connectivity index (χ4n) is 1.99. The monoisotopic (exact) mass is 273 g/mol. The largest absolute Gasteiger partial charge is 0.466 e. The zero-order chi connectivity index (χ0) is 15.1. The summed E-state index contributed by atoms with van der Waals surface area (Å²) in [6.07, 6.45) is 4.33. The highest BCUT2D eigenvalue weighted by atomic mass is 16.5. The quantitative estimate of drug-likeness (QED) is 0.509. The highest BCUT2D eigenvalue weighted by Gasteiger charge is 2.01. The van der Waals surface area contributed by atoms with Crippen LogP contribution in [0.3, 0.4) is 0 Å². The zero-order valence-electron chi connectivity index (χ0n) is 12.6. The molecule has 0 bridgehead atoms. The molecule has 0 spiro atoms. The predicted molar refractivity (Wildman–Crippen MR) is 83.2 cm³/mol. The first-order valence-electron chi connectivity index (χ1n) is 6.72. The molecule has 3 heteroatoms. The van der Waals surface area contributed by atoms with Crippen LogP contribution in [0.1, 0.15) is 31.9 Å². The molecule has 0 saturated heterocycles. The number of benzene rings is 1. The first-order chi connectivity index (χ1) is 9.42. The van der Waals surface area contributed by atoms with Crippen LogP contribution in [0.5, 0.6) is 0 Å². The second kappa shape index (κ2) is 7.65. The molecule has 0 radical (unpaired) electrons. The van der Waals surface area contributed by atoms with E-state index in [-0.39, 0.29) is 12.0 Å². The maximum Gasteiger partial charge on any atom is 0.330 e. The van der Waals surface area contributed by atoms with E-state index in [1.807, 2.05) is 26.8 Å². The minimum Gasteiger partial charge on any atom is -0.466 e. The highest BCUT2D eigenvalue weighted by molar-refractivity contribution is 5.83. The minimum absolute atomic E-state index is 0.169. The summed E-state index contributed by atoms with van der Waals surface area (Å²) in [7, 11) is 1.37. The number of allylic oxidation sites excluding steroid dienone is 3. The molecule has 0 fully saturated rings. The maximum absolute atomic E-state index is 11.1. The summed E-state index contributed by atoms with van der Waals surface area (Å²) < 4.78 is 4.60. The average Bonchev–Trinajstić information content (AvgIpc) is 2.38. The van der Waals surface area contributed by atoms with Gasteiger partial charge in [-0.2, -0.15) is 0 Å². The summed E-state index contributed by atoms with van der Waals surface area (Å²) in [6.45, 7) is 5.90. The summed E-state index contributed by atoms with van der Waals surface area (Å²) in [5.41, 5.74) is 10.1. The van der Waals surface area contributed by atoms with Gasteiger partial charge in [0.1, 0.15) is 0 Å². The lowest BCUT2D eigenvalue weighted by molar-refractivity contribution is -0.134. The summed E-state index contributed by atoms with van der Waals surface area (Å²) in [6, 6.07) is 8.51. The normalized spacial score (nSPS) is 14.1. The fraction of sp³-hybridized carbons (Fsp3) is 0.353. The summed E-state index contributed by atoms with van der Waals surface area (Å²) in [4.78, 5) is 11.1. The van der Waals surface area contributed by atoms with Gasteiger partial charge < -0.3 is 10.5 Å². The Morgan fingerprint density at radius 1 is 1.25 bits per heavy atom. The second-order valence-corrected chi connectivity index (χ2v) is 5.12. The van der Waals surface area contributed by atoms with Crippen LogP contribution >= 0.6 is 0 Å². The summed E-state index contributed by atoms with van der Waals surface area (Å²) >= 11 is 0. The van der Waals surface area contributed by atoms with Crippen LogP contribution < -0.4 is 5.73 Å². The van der Waals surface area contributed by atoms with Crippen molar-refractivity contribution in [1.82, 2.24) is 0 Å². The van der Waals surface area contributed by atoms with Gasteiger partial charge in [-0.1, -0.05) is 30.3 Å². The van der Waals surface area contributed by atoms with Gasteiger partial charge in [0.05, 0.1) is 7.11 Å². The molecule has 0 amide bonds. The van der Waals surface area contributed by atoms with Gasteiger partial charge in [-0.3, -0.25) is 0 Å². The number of carbonyl (C=O) groups is 1. The average molecular weight is 273 g/mol. The van der Waals surface area contributed by atoms with Crippen molar-refractivity contribution in [2.24, 2.45) is 5.73 Å². The predicted octanol–water partition coefficient (Wildman–Crippen LogP) is 3.10. The molecule has 20 heavy (non-hydrogen) atoms. The maximum atomic E-state index is 11.1. The highest BCUT2D eigenvalue weighted by Crippen LogP contribution is 2.17. The van der Waals surface area contributed by atoms with Crippen molar-refractivity contribution in [2.75, 3.05) is 7.11 Å². The Bertz CT molecular complexity index is 510. The van der Waals surface area contributed by atoms with Crippen LogP contribution in [0.2, 0.25) is 0 Å². The van der Waals surface area contributed by atoms with Gasteiger partial charge in [0.2, 0.25) is 0 Å². The number of hydrogen-bond donors (Lipinski definition) is 1. The second-order valence-electron chi connectivity index (χ2n) is 5.12. The number of hydrogen-bond acceptors (Lipinski definition) is 3. The SMILES string of the molecule is COC(=O)C=C(C)C=C(C)c1ccc(CC(C)N)cc1. The van der Waals surface area contributed by atoms with E-state index in [9.17, 15) is 4.79 Å². The molecule has 1 aromatic carbocycles. The number of esters is 1. The zero-order valence-corrected chi connectivity index (χ0v) is 12.6. The molecule has 2 N–H and O–H groups in total. The van der Waals surface area contributed by atoms with Crippen molar-refractivity contribution >= 4 is 11.5 Å². The van der Waals surface area contributed by atoms with Crippen LogP contribution in [-0.4, -0.2) is 19.1 Å². The summed E-state index contributed by atoms with van der Waals surface area (Å²) in [5.74, 6) is -0.334. The lowest BCUT2D eigenvalue weighted by Crippen LogP contribution is -2.17. The number of ether oxygens (including phenoxy) is 1. The van der Waals surface area contributed by atoms with E-state index in [1.54, 1.807) is 0 Å². The first kappa shape index (κ1) is 16.2. The van der Waals surface area contributed by atoms with Crippen molar-refractivity contribution in [1.29, 1.82) is 0 Å². The molecule has 0 heterocycles. The standard InChI is InChI=1S/C17H23NO2/c1-12(10-17(19)20-4)9-13(2)16-7-5-15(6-8-16)11-14(3)18/h5-10,14H,11,18H2,1-4H3. The molecule has 1 aromatic rings. The van der Waals surface area contributed by atoms with Gasteiger partial charge in [-0.15, -0.1) is 0 Å². The van der Waals surface area contributed by atoms with Gasteiger partial charge >= 0.3 is 5.97 Å². The molecule has 0 aliphatic carbocycles. The topological polar surface area (TPSA) is 52.3 Å². The Labute approximate surface area is 121 Å². The Morgan fingerprint density at radius 2 is 1.85 bits per heavy atom. The lowest BCUT2D eigenvalue weighted by Gasteiger charge is -2.07. The molecule has 0 aliphatic rings. The van der Waals surface area contributed by atoms with E-state index in [4.69, 9.17) is 5.73 Å². The number of carbonyl (C=O) groups excluding carboxylic acids is 1. The van der Waals surface area contributed by atoms with Crippen molar-refractivity contribution in [3.05, 3.63) is 53.1 Å². The number of nitrogens with two attached hydrogens (primary N) is 1. The molecular weight excluding hydrogens is 250 g/mol. The third kappa shape index (κ3) is 5.41. The third-order valence-electron chi connectivity index (χ3n) is 2.96. The number of methoxy groups -OCH3 is 1. The van der Waals surface area contributed by atoms with E-state index in [0.717, 1.165) is 23.1 Å². The Balaban J connectivity index is 2.84. The van der Waals surface area contributed by atoms with Gasteiger partial charge in [-0.25, -0.2) is 4.79 Å². The molecule has 0 aromatic heterocycles. The van der Waals surface area contributed by atoms with Crippen LogP contribution in [0.4, 0.5) is 0 Å². The van der Waals surface area contributed by atoms with Gasteiger partial charge in [0.25, 0.3) is 0 Å². The molecule has 1 rings (SSSR count). The smallest absolute Gasteiger partial charge is 0.330 e. The first-order valence-corrected chi connectivity index (χ1v) is 6.72. The van der Waals surface area contributed by atoms with Gasteiger partial charge in [0, 0.05) is 12.1 Å². The van der Waals surface area contributed by atoms with Crippen LogP contribution in [-0.2, 0) is 16.0 Å². The van der Waals surface area contributed by atoms with Crippen LogP contribution in [0, 0.1) is 0 Å². The van der Waals surface area contributed by atoms with Crippen LogP contribution in [0.25, 0.3) is 5.57 Å².